The molecule has 0 unspecified atom stereocenters. The molecule has 3 heteroatoms. The quantitative estimate of drug-likeness (QED) is 0.674. The van der Waals surface area contributed by atoms with Crippen molar-refractivity contribution in [2.45, 2.75) is 51.7 Å². The van der Waals surface area contributed by atoms with E-state index in [2.05, 4.69) is 40.7 Å². The molecule has 0 saturated carbocycles. The number of hydrogen-bond donors (Lipinski definition) is 0. The highest BCUT2D eigenvalue weighted by molar-refractivity contribution is 5.86. The highest BCUT2D eigenvalue weighted by Gasteiger charge is 2.33. The zero-order valence-electron chi connectivity index (χ0n) is 14.3. The lowest BCUT2D eigenvalue weighted by Crippen LogP contribution is -2.30. The Morgan fingerprint density at radius 3 is 3.00 bits per heavy atom. The fourth-order valence-electron chi connectivity index (χ4n) is 4.79. The summed E-state index contributed by atoms with van der Waals surface area (Å²) < 4.78 is 8.25. The van der Waals surface area contributed by atoms with Gasteiger partial charge in [0.15, 0.2) is 0 Å². The molecule has 0 fully saturated rings. The summed E-state index contributed by atoms with van der Waals surface area (Å²) in [6, 6.07) is 11.6. The number of aryl methyl sites for hydroxylation is 3. The van der Waals surface area contributed by atoms with Crippen LogP contribution in [0.2, 0.25) is 0 Å². The van der Waals surface area contributed by atoms with Crippen LogP contribution in [0, 0.1) is 6.92 Å². The number of fused-ring (bicyclic) bond motifs is 3. The van der Waals surface area contributed by atoms with E-state index in [0.29, 0.717) is 6.04 Å². The standard InChI is InChI=1S/C21H24N2O/c1-15-8-9-19-18(13-15)17-6-2-7-20-21(17)23(19)11-4-10-22(20)14-16-5-3-12-24-16/h3,5,8-9,12-13,20H,2,4,6-7,10-11,14H2,1H3/t20-/m1/s1. The first-order valence-electron chi connectivity index (χ1n) is 9.19. The molecule has 124 valence electrons. The van der Waals surface area contributed by atoms with Crippen LogP contribution in [0.4, 0.5) is 0 Å². The highest BCUT2D eigenvalue weighted by atomic mass is 16.3. The zero-order chi connectivity index (χ0) is 16.1. The van der Waals surface area contributed by atoms with Crippen molar-refractivity contribution in [3.8, 4) is 0 Å². The summed E-state index contributed by atoms with van der Waals surface area (Å²) in [6.45, 7) is 5.43. The number of rotatable bonds is 2. The summed E-state index contributed by atoms with van der Waals surface area (Å²) in [5.74, 6) is 1.09. The van der Waals surface area contributed by atoms with Crippen LogP contribution in [-0.2, 0) is 19.5 Å². The van der Waals surface area contributed by atoms with Crippen LogP contribution in [0.1, 0.15) is 47.9 Å². The normalized spacial score (nSPS) is 21.0. The lowest BCUT2D eigenvalue weighted by Gasteiger charge is -2.33. The topological polar surface area (TPSA) is 21.3 Å². The Labute approximate surface area is 142 Å². The van der Waals surface area contributed by atoms with E-state index in [9.17, 15) is 0 Å². The van der Waals surface area contributed by atoms with Gasteiger partial charge in [0.1, 0.15) is 5.76 Å². The SMILES string of the molecule is Cc1ccc2c(c1)c1c3n2CCCN(Cc2ccco2)[C@@H]3CCC1. The van der Waals surface area contributed by atoms with Crippen molar-refractivity contribution in [3.63, 3.8) is 0 Å². The molecule has 1 aliphatic carbocycles. The van der Waals surface area contributed by atoms with Gasteiger partial charge in [-0.25, -0.2) is 0 Å². The Kier molecular flexibility index (Phi) is 3.30. The molecule has 3 heterocycles. The van der Waals surface area contributed by atoms with Crippen molar-refractivity contribution in [3.05, 3.63) is 59.2 Å². The second-order valence-corrected chi connectivity index (χ2v) is 7.35. The molecule has 0 amide bonds. The molecule has 2 aromatic heterocycles. The molecule has 0 radical (unpaired) electrons. The maximum atomic E-state index is 5.63. The molecule has 0 N–H and O–H groups in total. The molecule has 1 aromatic carbocycles. The minimum absolute atomic E-state index is 0.536. The maximum absolute atomic E-state index is 5.63. The Bertz CT molecular complexity index is 871. The van der Waals surface area contributed by atoms with E-state index in [1.165, 1.54) is 42.1 Å². The van der Waals surface area contributed by atoms with Crippen LogP contribution in [0.5, 0.6) is 0 Å². The third-order valence-electron chi connectivity index (χ3n) is 5.79. The fraction of sp³-hybridized carbons (Fsp3) is 0.429. The van der Waals surface area contributed by atoms with Gasteiger partial charge in [0.25, 0.3) is 0 Å². The average Bonchev–Trinajstić information content (AvgIpc) is 3.15. The van der Waals surface area contributed by atoms with E-state index in [4.69, 9.17) is 4.42 Å². The molecule has 0 saturated heterocycles. The van der Waals surface area contributed by atoms with Crippen molar-refractivity contribution >= 4 is 10.9 Å². The minimum atomic E-state index is 0.536. The number of furan rings is 1. The Hall–Kier alpha value is -2.00. The van der Waals surface area contributed by atoms with E-state index in [0.717, 1.165) is 25.4 Å². The van der Waals surface area contributed by atoms with Gasteiger partial charge in [0.2, 0.25) is 0 Å². The third kappa shape index (κ3) is 2.15. The van der Waals surface area contributed by atoms with Crippen LogP contribution in [0.3, 0.4) is 0 Å². The van der Waals surface area contributed by atoms with Crippen molar-refractivity contribution < 1.29 is 4.42 Å². The third-order valence-corrected chi connectivity index (χ3v) is 5.79. The average molecular weight is 320 g/mol. The zero-order valence-corrected chi connectivity index (χ0v) is 14.3. The second kappa shape index (κ2) is 5.52. The van der Waals surface area contributed by atoms with Gasteiger partial charge in [-0.2, -0.15) is 0 Å². The lowest BCUT2D eigenvalue weighted by molar-refractivity contribution is 0.161. The molecule has 5 rings (SSSR count). The van der Waals surface area contributed by atoms with E-state index < -0.39 is 0 Å². The van der Waals surface area contributed by atoms with Gasteiger partial charge in [-0.3, -0.25) is 4.90 Å². The Morgan fingerprint density at radius 1 is 1.17 bits per heavy atom. The lowest BCUT2D eigenvalue weighted by atomic mass is 9.90. The number of benzene rings is 1. The Morgan fingerprint density at radius 2 is 2.12 bits per heavy atom. The first-order chi connectivity index (χ1) is 11.8. The maximum Gasteiger partial charge on any atom is 0.117 e. The van der Waals surface area contributed by atoms with E-state index >= 15 is 0 Å². The summed E-state index contributed by atoms with van der Waals surface area (Å²) in [4.78, 5) is 2.64. The molecule has 3 nitrogen and oxygen atoms in total. The number of nitrogens with zero attached hydrogens (tertiary/aromatic N) is 2. The monoisotopic (exact) mass is 320 g/mol. The summed E-state index contributed by atoms with van der Waals surface area (Å²) >= 11 is 0. The fourth-order valence-corrected chi connectivity index (χ4v) is 4.79. The van der Waals surface area contributed by atoms with Gasteiger partial charge in [0.05, 0.1) is 18.8 Å². The van der Waals surface area contributed by atoms with Crippen molar-refractivity contribution in [2.24, 2.45) is 0 Å². The molecule has 24 heavy (non-hydrogen) atoms. The van der Waals surface area contributed by atoms with Crippen molar-refractivity contribution in [2.75, 3.05) is 6.54 Å². The van der Waals surface area contributed by atoms with Gasteiger partial charge in [-0.1, -0.05) is 11.6 Å². The van der Waals surface area contributed by atoms with Gasteiger partial charge in [0, 0.05) is 29.7 Å². The number of aromatic nitrogens is 1. The molecule has 1 atom stereocenters. The summed E-state index contributed by atoms with van der Waals surface area (Å²) in [6.07, 6.45) is 6.79. The van der Waals surface area contributed by atoms with Crippen molar-refractivity contribution in [1.29, 1.82) is 0 Å². The first kappa shape index (κ1) is 14.4. The van der Waals surface area contributed by atoms with E-state index in [-0.39, 0.29) is 0 Å². The van der Waals surface area contributed by atoms with Gasteiger partial charge < -0.3 is 8.98 Å². The van der Waals surface area contributed by atoms with Crippen LogP contribution in [0.15, 0.2) is 41.0 Å². The van der Waals surface area contributed by atoms with Crippen LogP contribution in [0.25, 0.3) is 10.9 Å². The van der Waals surface area contributed by atoms with Crippen LogP contribution in [-0.4, -0.2) is 16.0 Å². The smallest absolute Gasteiger partial charge is 0.117 e. The van der Waals surface area contributed by atoms with Gasteiger partial charge >= 0.3 is 0 Å². The van der Waals surface area contributed by atoms with Gasteiger partial charge in [-0.15, -0.1) is 0 Å². The van der Waals surface area contributed by atoms with Gasteiger partial charge in [-0.05, 0) is 62.4 Å². The minimum Gasteiger partial charge on any atom is -0.468 e. The Balaban J connectivity index is 1.64. The predicted octanol–water partition coefficient (Wildman–Crippen LogP) is 4.83. The molecule has 2 aliphatic rings. The molecular weight excluding hydrogens is 296 g/mol. The molecular formula is C21H24N2O. The largest absolute Gasteiger partial charge is 0.468 e. The van der Waals surface area contributed by atoms with Crippen LogP contribution < -0.4 is 0 Å². The molecule has 0 spiro atoms. The first-order valence-corrected chi connectivity index (χ1v) is 9.19. The summed E-state index contributed by atoms with van der Waals surface area (Å²) in [5.41, 5.74) is 6.01. The predicted molar refractivity (Wildman–Crippen MR) is 96.1 cm³/mol. The second-order valence-electron chi connectivity index (χ2n) is 7.35. The molecule has 0 bridgehead atoms. The van der Waals surface area contributed by atoms with E-state index in [1.54, 1.807) is 17.5 Å². The molecule has 3 aromatic rings. The molecule has 1 aliphatic heterocycles. The van der Waals surface area contributed by atoms with Crippen molar-refractivity contribution in [1.82, 2.24) is 9.47 Å². The highest BCUT2D eigenvalue weighted by Crippen LogP contribution is 2.42. The van der Waals surface area contributed by atoms with E-state index in [1.807, 2.05) is 6.07 Å². The summed E-state index contributed by atoms with van der Waals surface area (Å²) in [5, 5.41) is 1.49. The van der Waals surface area contributed by atoms with Crippen LogP contribution >= 0.6 is 0 Å². The number of hydrogen-bond acceptors (Lipinski definition) is 2. The summed E-state index contributed by atoms with van der Waals surface area (Å²) in [7, 11) is 0.